The van der Waals surface area contributed by atoms with E-state index in [9.17, 15) is 0 Å². The maximum Gasteiger partial charge on any atom is -0.000463 e. The Bertz CT molecular complexity index is 80.6. The van der Waals surface area contributed by atoms with E-state index in [-0.39, 0.29) is 0 Å². The van der Waals surface area contributed by atoms with Crippen molar-refractivity contribution < 1.29 is 0 Å². The van der Waals surface area contributed by atoms with Gasteiger partial charge in [0.25, 0.3) is 0 Å². The minimum atomic E-state index is 0.825. The van der Waals surface area contributed by atoms with Gasteiger partial charge in [-0.05, 0) is 55.5 Å². The zero-order valence-electron chi connectivity index (χ0n) is 7.77. The lowest BCUT2D eigenvalue weighted by atomic mass is 9.95. The molecule has 0 spiro atoms. The van der Waals surface area contributed by atoms with Crippen LogP contribution in [0.5, 0.6) is 0 Å². The van der Waals surface area contributed by atoms with Gasteiger partial charge in [0, 0.05) is 0 Å². The van der Waals surface area contributed by atoms with E-state index in [0.29, 0.717) is 0 Å². The molecule has 74 valence electrons. The lowest BCUT2D eigenvalue weighted by molar-refractivity contribution is 0.414. The molecule has 0 aliphatic heterocycles. The van der Waals surface area contributed by atoms with Gasteiger partial charge in [-0.25, -0.2) is 0 Å². The minimum Gasteiger partial charge on any atom is -0.330 e. The van der Waals surface area contributed by atoms with Crippen LogP contribution in [-0.4, -0.2) is 17.5 Å². The molecular formula is C9H21IN2. The fourth-order valence-corrected chi connectivity index (χ4v) is 1.88. The molecular weight excluding hydrogens is 263 g/mol. The summed E-state index contributed by atoms with van der Waals surface area (Å²) >= 11 is 2.43. The molecule has 0 bridgehead atoms. The summed E-state index contributed by atoms with van der Waals surface area (Å²) in [6.45, 7) is 1.65. The quantitative estimate of drug-likeness (QED) is 0.528. The van der Waals surface area contributed by atoms with Crippen molar-refractivity contribution in [3.63, 3.8) is 0 Å². The minimum absolute atomic E-state index is 0.825. The highest BCUT2D eigenvalue weighted by Crippen LogP contribution is 2.17. The summed E-state index contributed by atoms with van der Waals surface area (Å²) in [5, 5.41) is 0. The Morgan fingerprint density at radius 1 is 0.917 bits per heavy atom. The molecule has 0 aromatic carbocycles. The highest BCUT2D eigenvalue weighted by molar-refractivity contribution is 14.1. The molecule has 12 heavy (non-hydrogen) atoms. The van der Waals surface area contributed by atoms with Gasteiger partial charge in [0.05, 0.1) is 0 Å². The molecule has 0 heterocycles. The largest absolute Gasteiger partial charge is 0.330 e. The molecule has 0 aromatic heterocycles. The third kappa shape index (κ3) is 7.31. The summed E-state index contributed by atoms with van der Waals surface area (Å²) in [5.41, 5.74) is 11.0. The fourth-order valence-electron chi connectivity index (χ4n) is 1.44. The number of alkyl halides is 1. The molecule has 0 amide bonds. The zero-order valence-corrected chi connectivity index (χ0v) is 9.92. The van der Waals surface area contributed by atoms with Crippen molar-refractivity contribution in [3.8, 4) is 0 Å². The average molecular weight is 284 g/mol. The smallest absolute Gasteiger partial charge is 0.000463 e. The van der Waals surface area contributed by atoms with Crippen molar-refractivity contribution >= 4 is 22.6 Å². The van der Waals surface area contributed by atoms with E-state index in [0.717, 1.165) is 25.4 Å². The van der Waals surface area contributed by atoms with Crippen LogP contribution >= 0.6 is 22.6 Å². The normalized spacial score (nSPS) is 13.2. The van der Waals surface area contributed by atoms with Crippen LogP contribution in [0, 0.1) is 5.92 Å². The molecule has 0 fully saturated rings. The molecule has 0 radical (unpaired) electrons. The predicted molar refractivity (Wildman–Crippen MR) is 63.6 cm³/mol. The van der Waals surface area contributed by atoms with E-state index < -0.39 is 0 Å². The van der Waals surface area contributed by atoms with Crippen LogP contribution in [0.3, 0.4) is 0 Å². The van der Waals surface area contributed by atoms with Crippen molar-refractivity contribution in [2.24, 2.45) is 17.4 Å². The number of hydrogen-bond donors (Lipinski definition) is 2. The van der Waals surface area contributed by atoms with E-state index in [1.807, 2.05) is 0 Å². The molecule has 0 saturated heterocycles. The zero-order chi connectivity index (χ0) is 9.23. The van der Waals surface area contributed by atoms with Gasteiger partial charge in [0.1, 0.15) is 0 Å². The summed E-state index contributed by atoms with van der Waals surface area (Å²) in [5.74, 6) is 0.827. The Kier molecular flexibility index (Phi) is 10.3. The van der Waals surface area contributed by atoms with Gasteiger partial charge in [0.2, 0.25) is 0 Å². The van der Waals surface area contributed by atoms with Crippen molar-refractivity contribution in [1.29, 1.82) is 0 Å². The Morgan fingerprint density at radius 2 is 1.58 bits per heavy atom. The highest BCUT2D eigenvalue weighted by Gasteiger charge is 2.05. The number of rotatable bonds is 8. The van der Waals surface area contributed by atoms with Gasteiger partial charge >= 0.3 is 0 Å². The molecule has 0 aliphatic carbocycles. The van der Waals surface area contributed by atoms with E-state index in [4.69, 9.17) is 11.5 Å². The van der Waals surface area contributed by atoms with Crippen LogP contribution in [0.15, 0.2) is 0 Å². The van der Waals surface area contributed by atoms with Crippen molar-refractivity contribution in [3.05, 3.63) is 0 Å². The van der Waals surface area contributed by atoms with Gasteiger partial charge < -0.3 is 11.5 Å². The first-order valence-corrected chi connectivity index (χ1v) is 6.33. The average Bonchev–Trinajstić information content (AvgIpc) is 2.10. The third-order valence-corrected chi connectivity index (χ3v) is 2.90. The topological polar surface area (TPSA) is 52.0 Å². The summed E-state index contributed by atoms with van der Waals surface area (Å²) in [6, 6.07) is 0. The third-order valence-electron chi connectivity index (χ3n) is 2.14. The van der Waals surface area contributed by atoms with Gasteiger partial charge in [-0.3, -0.25) is 0 Å². The first-order valence-electron chi connectivity index (χ1n) is 4.81. The molecule has 4 N–H and O–H groups in total. The van der Waals surface area contributed by atoms with Crippen LogP contribution in [0.4, 0.5) is 0 Å². The Morgan fingerprint density at radius 3 is 2.08 bits per heavy atom. The first-order chi connectivity index (χ1) is 5.85. The second-order valence-corrected chi connectivity index (χ2v) is 4.28. The van der Waals surface area contributed by atoms with Crippen LogP contribution in [-0.2, 0) is 0 Å². The molecule has 3 heteroatoms. The van der Waals surface area contributed by atoms with Gasteiger partial charge in [0.15, 0.2) is 0 Å². The lowest BCUT2D eigenvalue weighted by Gasteiger charge is -2.14. The first kappa shape index (κ1) is 12.7. The van der Waals surface area contributed by atoms with E-state index in [1.54, 1.807) is 0 Å². The summed E-state index contributed by atoms with van der Waals surface area (Å²) in [7, 11) is 0. The SMILES string of the molecule is NCCCC(CCN)CCCI. The molecule has 1 unspecified atom stereocenters. The summed E-state index contributed by atoms with van der Waals surface area (Å²) in [6.07, 6.45) is 6.27. The monoisotopic (exact) mass is 284 g/mol. The number of nitrogens with two attached hydrogens (primary N) is 2. The predicted octanol–water partition coefficient (Wildman–Crippen LogP) is 1.91. The number of hydrogen-bond acceptors (Lipinski definition) is 2. The molecule has 0 aliphatic rings. The molecule has 1 atom stereocenters. The van der Waals surface area contributed by atoms with Gasteiger partial charge in [-0.1, -0.05) is 22.6 Å². The Hall–Kier alpha value is 0.650. The van der Waals surface area contributed by atoms with Crippen molar-refractivity contribution in [2.45, 2.75) is 32.1 Å². The fraction of sp³-hybridized carbons (Fsp3) is 1.00. The second kappa shape index (κ2) is 9.74. The molecule has 0 aromatic rings. The van der Waals surface area contributed by atoms with Crippen molar-refractivity contribution in [2.75, 3.05) is 17.5 Å². The van der Waals surface area contributed by atoms with Crippen molar-refractivity contribution in [1.82, 2.24) is 0 Å². The molecule has 0 saturated carbocycles. The van der Waals surface area contributed by atoms with Gasteiger partial charge in [-0.2, -0.15) is 0 Å². The standard InChI is InChI=1S/C9H21IN2/c10-6-1-3-9(5-8-12)4-2-7-11/h9H,1-8,11-12H2. The summed E-state index contributed by atoms with van der Waals surface area (Å²) < 4.78 is 1.27. The van der Waals surface area contributed by atoms with E-state index in [1.165, 1.54) is 30.1 Å². The number of halogens is 1. The highest BCUT2D eigenvalue weighted by atomic mass is 127. The van der Waals surface area contributed by atoms with E-state index in [2.05, 4.69) is 22.6 Å². The Balaban J connectivity index is 3.40. The molecule has 2 nitrogen and oxygen atoms in total. The maximum atomic E-state index is 5.54. The second-order valence-electron chi connectivity index (χ2n) is 3.21. The maximum absolute atomic E-state index is 5.54. The van der Waals surface area contributed by atoms with Crippen LogP contribution in [0.2, 0.25) is 0 Å². The van der Waals surface area contributed by atoms with Crippen LogP contribution < -0.4 is 11.5 Å². The lowest BCUT2D eigenvalue weighted by Crippen LogP contribution is -2.11. The summed E-state index contributed by atoms with van der Waals surface area (Å²) in [4.78, 5) is 0. The molecule has 0 rings (SSSR count). The Labute approximate surface area is 89.6 Å². The van der Waals surface area contributed by atoms with Crippen LogP contribution in [0.1, 0.15) is 32.1 Å². The van der Waals surface area contributed by atoms with E-state index >= 15 is 0 Å². The van der Waals surface area contributed by atoms with Crippen LogP contribution in [0.25, 0.3) is 0 Å². The van der Waals surface area contributed by atoms with Gasteiger partial charge in [-0.15, -0.1) is 0 Å².